The van der Waals surface area contributed by atoms with Crippen LogP contribution < -0.4 is 5.73 Å². The molecule has 2 atom stereocenters. The Morgan fingerprint density at radius 2 is 2.16 bits per heavy atom. The maximum atomic E-state index is 6.11. The Morgan fingerprint density at radius 1 is 1.47 bits per heavy atom. The highest BCUT2D eigenvalue weighted by Crippen LogP contribution is 2.31. The molecule has 1 heterocycles. The maximum absolute atomic E-state index is 6.11. The average molecular weight is 326 g/mol. The number of benzene rings is 1. The summed E-state index contributed by atoms with van der Waals surface area (Å²) >= 11 is 3.63. The number of hydrogen-bond donors (Lipinski definition) is 1. The molecule has 1 aliphatic heterocycles. The molecule has 1 saturated heterocycles. The van der Waals surface area contributed by atoms with Gasteiger partial charge in [0, 0.05) is 35.7 Å². The molecule has 1 aromatic carbocycles. The summed E-state index contributed by atoms with van der Waals surface area (Å²) in [5.74, 6) is 0. The van der Waals surface area contributed by atoms with Crippen LogP contribution in [0.3, 0.4) is 0 Å². The van der Waals surface area contributed by atoms with E-state index in [4.69, 9.17) is 5.73 Å². The fraction of sp³-hybridized carbons (Fsp3) is 0.600. The van der Waals surface area contributed by atoms with Gasteiger partial charge < -0.3 is 10.6 Å². The first-order valence-corrected chi connectivity index (χ1v) is 7.63. The number of halogens is 1. The standard InChI is InChI=1S/C15H24BrN3/c1-12-8-15(10-17,11-18(12)2)19(3)9-13-6-4-5-7-14(13)16/h4-7,12H,8-11,17H2,1-3H3. The highest BCUT2D eigenvalue weighted by molar-refractivity contribution is 9.10. The van der Waals surface area contributed by atoms with Gasteiger partial charge in [-0.15, -0.1) is 0 Å². The van der Waals surface area contributed by atoms with Crippen LogP contribution in [0.1, 0.15) is 18.9 Å². The van der Waals surface area contributed by atoms with Crippen molar-refractivity contribution in [1.82, 2.24) is 9.80 Å². The van der Waals surface area contributed by atoms with Crippen LogP contribution in [-0.4, -0.2) is 48.6 Å². The highest BCUT2D eigenvalue weighted by Gasteiger charge is 2.42. The van der Waals surface area contributed by atoms with E-state index in [1.54, 1.807) is 0 Å². The van der Waals surface area contributed by atoms with Gasteiger partial charge in [0.25, 0.3) is 0 Å². The van der Waals surface area contributed by atoms with Crippen LogP contribution in [0.4, 0.5) is 0 Å². The predicted octanol–water partition coefficient (Wildman–Crippen LogP) is 2.30. The van der Waals surface area contributed by atoms with Gasteiger partial charge in [-0.3, -0.25) is 4.90 Å². The largest absolute Gasteiger partial charge is 0.329 e. The number of likely N-dealkylation sites (tertiary alicyclic amines) is 1. The van der Waals surface area contributed by atoms with Gasteiger partial charge in [-0.1, -0.05) is 34.1 Å². The Labute approximate surface area is 124 Å². The molecule has 2 N–H and O–H groups in total. The van der Waals surface area contributed by atoms with E-state index in [1.807, 2.05) is 0 Å². The molecule has 0 saturated carbocycles. The SMILES string of the molecule is CC1CC(CN)(N(C)Cc2ccccc2Br)CN1C. The van der Waals surface area contributed by atoms with Crippen LogP contribution in [0, 0.1) is 0 Å². The van der Waals surface area contributed by atoms with Gasteiger partial charge in [0.15, 0.2) is 0 Å². The van der Waals surface area contributed by atoms with Gasteiger partial charge in [0.2, 0.25) is 0 Å². The zero-order valence-corrected chi connectivity index (χ0v) is 13.7. The molecule has 0 radical (unpaired) electrons. The molecule has 0 amide bonds. The summed E-state index contributed by atoms with van der Waals surface area (Å²) in [6.07, 6.45) is 1.14. The van der Waals surface area contributed by atoms with Gasteiger partial charge in [-0.25, -0.2) is 0 Å². The Balaban J connectivity index is 2.14. The molecule has 0 bridgehead atoms. The van der Waals surface area contributed by atoms with Crippen LogP contribution in [0.5, 0.6) is 0 Å². The topological polar surface area (TPSA) is 32.5 Å². The second-order valence-electron chi connectivity index (χ2n) is 5.84. The van der Waals surface area contributed by atoms with Crippen molar-refractivity contribution in [2.24, 2.45) is 5.73 Å². The zero-order valence-electron chi connectivity index (χ0n) is 12.1. The van der Waals surface area contributed by atoms with Crippen LogP contribution >= 0.6 is 15.9 Å². The second kappa shape index (κ2) is 5.92. The normalized spacial score (nSPS) is 28.2. The number of hydrogen-bond acceptors (Lipinski definition) is 3. The minimum absolute atomic E-state index is 0.101. The van der Waals surface area contributed by atoms with Gasteiger partial charge in [-0.05, 0) is 39.1 Å². The summed E-state index contributed by atoms with van der Waals surface area (Å²) in [7, 11) is 4.38. The Kier molecular flexibility index (Phi) is 4.66. The van der Waals surface area contributed by atoms with Crippen LogP contribution in [0.2, 0.25) is 0 Å². The van der Waals surface area contributed by atoms with E-state index in [9.17, 15) is 0 Å². The lowest BCUT2D eigenvalue weighted by Crippen LogP contribution is -2.53. The lowest BCUT2D eigenvalue weighted by atomic mass is 9.94. The molecule has 1 fully saturated rings. The van der Waals surface area contributed by atoms with E-state index < -0.39 is 0 Å². The van der Waals surface area contributed by atoms with Crippen molar-refractivity contribution in [1.29, 1.82) is 0 Å². The number of nitrogens with zero attached hydrogens (tertiary/aromatic N) is 2. The smallest absolute Gasteiger partial charge is 0.0473 e. The van der Waals surface area contributed by atoms with Gasteiger partial charge >= 0.3 is 0 Å². The van der Waals surface area contributed by atoms with Gasteiger partial charge in [0.1, 0.15) is 0 Å². The summed E-state index contributed by atoms with van der Waals surface area (Å²) < 4.78 is 1.17. The van der Waals surface area contributed by atoms with E-state index in [2.05, 4.69) is 71.0 Å². The van der Waals surface area contributed by atoms with E-state index in [0.717, 1.165) is 19.5 Å². The number of likely N-dealkylation sites (N-methyl/N-ethyl adjacent to an activating group) is 2. The van der Waals surface area contributed by atoms with Crippen molar-refractivity contribution < 1.29 is 0 Å². The first-order valence-electron chi connectivity index (χ1n) is 6.83. The third kappa shape index (κ3) is 3.02. The molecule has 0 aromatic heterocycles. The fourth-order valence-electron chi connectivity index (χ4n) is 3.02. The summed E-state index contributed by atoms with van der Waals surface area (Å²) in [5.41, 5.74) is 7.53. The third-order valence-electron chi connectivity index (χ3n) is 4.53. The number of rotatable bonds is 4. The monoisotopic (exact) mass is 325 g/mol. The minimum Gasteiger partial charge on any atom is -0.329 e. The first kappa shape index (κ1) is 15.0. The lowest BCUT2D eigenvalue weighted by molar-refractivity contribution is 0.125. The molecular weight excluding hydrogens is 302 g/mol. The highest BCUT2D eigenvalue weighted by atomic mass is 79.9. The van der Waals surface area contributed by atoms with Crippen molar-refractivity contribution in [2.45, 2.75) is 31.5 Å². The molecule has 106 valence electrons. The van der Waals surface area contributed by atoms with Crippen LogP contribution in [0.25, 0.3) is 0 Å². The second-order valence-corrected chi connectivity index (χ2v) is 6.70. The van der Waals surface area contributed by atoms with E-state index in [1.165, 1.54) is 10.0 Å². The van der Waals surface area contributed by atoms with E-state index in [-0.39, 0.29) is 5.54 Å². The summed E-state index contributed by atoms with van der Waals surface area (Å²) in [5, 5.41) is 0. The summed E-state index contributed by atoms with van der Waals surface area (Å²) in [4.78, 5) is 4.83. The summed E-state index contributed by atoms with van der Waals surface area (Å²) in [6.45, 7) is 4.97. The molecule has 2 unspecified atom stereocenters. The van der Waals surface area contributed by atoms with Crippen molar-refractivity contribution >= 4 is 15.9 Å². The third-order valence-corrected chi connectivity index (χ3v) is 5.30. The molecule has 0 aliphatic carbocycles. The molecule has 4 heteroatoms. The van der Waals surface area contributed by atoms with Gasteiger partial charge in [0.05, 0.1) is 0 Å². The quantitative estimate of drug-likeness (QED) is 0.922. The maximum Gasteiger partial charge on any atom is 0.0473 e. The number of nitrogens with two attached hydrogens (primary N) is 1. The van der Waals surface area contributed by atoms with E-state index >= 15 is 0 Å². The molecular formula is C15H24BrN3. The average Bonchev–Trinajstić information content (AvgIpc) is 2.69. The van der Waals surface area contributed by atoms with Crippen LogP contribution in [-0.2, 0) is 6.54 Å². The molecule has 1 aromatic rings. The molecule has 3 nitrogen and oxygen atoms in total. The lowest BCUT2D eigenvalue weighted by Gasteiger charge is -2.38. The van der Waals surface area contributed by atoms with Gasteiger partial charge in [-0.2, -0.15) is 0 Å². The van der Waals surface area contributed by atoms with E-state index in [0.29, 0.717) is 12.6 Å². The minimum atomic E-state index is 0.101. The predicted molar refractivity (Wildman–Crippen MR) is 84.1 cm³/mol. The molecule has 0 spiro atoms. The van der Waals surface area contributed by atoms with Crippen molar-refractivity contribution in [3.05, 3.63) is 34.3 Å². The Hall–Kier alpha value is -0.420. The summed E-state index contributed by atoms with van der Waals surface area (Å²) in [6, 6.07) is 9.02. The first-order chi connectivity index (χ1) is 8.98. The van der Waals surface area contributed by atoms with Crippen molar-refractivity contribution in [3.8, 4) is 0 Å². The molecule has 19 heavy (non-hydrogen) atoms. The zero-order chi connectivity index (χ0) is 14.0. The van der Waals surface area contributed by atoms with Crippen LogP contribution in [0.15, 0.2) is 28.7 Å². The van der Waals surface area contributed by atoms with Crippen molar-refractivity contribution in [2.75, 3.05) is 27.2 Å². The fourth-order valence-corrected chi connectivity index (χ4v) is 3.43. The molecule has 1 aliphatic rings. The Morgan fingerprint density at radius 3 is 2.68 bits per heavy atom. The molecule has 2 rings (SSSR count). The Bertz CT molecular complexity index is 425. The van der Waals surface area contributed by atoms with Crippen molar-refractivity contribution in [3.63, 3.8) is 0 Å².